The SMILES string of the molecule is C=CC(=O)c1cccc(C)c1/C(=C\C)c1ccc(C)c(NS(C)(=O)=O)c1. The molecule has 0 unspecified atom stereocenters. The van der Waals surface area contributed by atoms with E-state index in [4.69, 9.17) is 0 Å². The van der Waals surface area contributed by atoms with Crippen molar-refractivity contribution in [1.82, 2.24) is 0 Å². The molecule has 0 aliphatic carbocycles. The minimum Gasteiger partial charge on any atom is -0.289 e. The van der Waals surface area contributed by atoms with Crippen LogP contribution in [0.5, 0.6) is 0 Å². The average molecular weight is 369 g/mol. The predicted molar refractivity (Wildman–Crippen MR) is 108 cm³/mol. The van der Waals surface area contributed by atoms with Gasteiger partial charge >= 0.3 is 0 Å². The highest BCUT2D eigenvalue weighted by atomic mass is 32.2. The van der Waals surface area contributed by atoms with Crippen molar-refractivity contribution in [3.63, 3.8) is 0 Å². The van der Waals surface area contributed by atoms with Gasteiger partial charge in [-0.15, -0.1) is 0 Å². The molecule has 0 bridgehead atoms. The third-order valence-electron chi connectivity index (χ3n) is 4.13. The van der Waals surface area contributed by atoms with Gasteiger partial charge in [0.25, 0.3) is 0 Å². The predicted octanol–water partition coefficient (Wildman–Crippen LogP) is 4.50. The van der Waals surface area contributed by atoms with Gasteiger partial charge in [0.2, 0.25) is 10.0 Å². The summed E-state index contributed by atoms with van der Waals surface area (Å²) in [6.07, 6.45) is 4.35. The van der Waals surface area contributed by atoms with Gasteiger partial charge in [-0.25, -0.2) is 8.42 Å². The highest BCUT2D eigenvalue weighted by Crippen LogP contribution is 2.32. The fraction of sp³-hybridized carbons (Fsp3) is 0.190. The third-order valence-corrected chi connectivity index (χ3v) is 4.72. The van der Waals surface area contributed by atoms with Crippen LogP contribution in [0.4, 0.5) is 5.69 Å². The molecule has 4 nitrogen and oxygen atoms in total. The van der Waals surface area contributed by atoms with Crippen molar-refractivity contribution in [1.29, 1.82) is 0 Å². The van der Waals surface area contributed by atoms with E-state index in [1.165, 1.54) is 6.08 Å². The van der Waals surface area contributed by atoms with Gasteiger partial charge in [0.05, 0.1) is 11.9 Å². The van der Waals surface area contributed by atoms with Crippen molar-refractivity contribution in [2.75, 3.05) is 11.0 Å². The monoisotopic (exact) mass is 369 g/mol. The van der Waals surface area contributed by atoms with Crippen LogP contribution in [-0.2, 0) is 10.0 Å². The normalized spacial score (nSPS) is 11.9. The number of carbonyl (C=O) groups is 1. The molecule has 0 atom stereocenters. The lowest BCUT2D eigenvalue weighted by Crippen LogP contribution is -2.11. The average Bonchev–Trinajstić information content (AvgIpc) is 2.57. The summed E-state index contributed by atoms with van der Waals surface area (Å²) < 4.78 is 25.8. The summed E-state index contributed by atoms with van der Waals surface area (Å²) in [6.45, 7) is 9.27. The number of sulfonamides is 1. The van der Waals surface area contributed by atoms with E-state index in [9.17, 15) is 13.2 Å². The number of anilines is 1. The number of hydrogen-bond acceptors (Lipinski definition) is 3. The largest absolute Gasteiger partial charge is 0.289 e. The number of nitrogens with one attached hydrogen (secondary N) is 1. The maximum absolute atomic E-state index is 12.3. The maximum atomic E-state index is 12.3. The molecule has 0 saturated heterocycles. The molecule has 0 aliphatic rings. The minimum absolute atomic E-state index is 0.148. The summed E-state index contributed by atoms with van der Waals surface area (Å²) in [7, 11) is -3.38. The van der Waals surface area contributed by atoms with Crippen molar-refractivity contribution in [3.05, 3.63) is 82.9 Å². The van der Waals surface area contributed by atoms with E-state index in [0.717, 1.165) is 34.1 Å². The molecule has 136 valence electrons. The molecule has 0 spiro atoms. The van der Waals surface area contributed by atoms with Gasteiger partial charge in [-0.1, -0.05) is 43.0 Å². The number of ketones is 1. The molecule has 0 aromatic heterocycles. The van der Waals surface area contributed by atoms with E-state index in [1.807, 2.05) is 51.1 Å². The van der Waals surface area contributed by atoms with Crippen LogP contribution in [0.15, 0.2) is 55.1 Å². The second kappa shape index (κ2) is 7.70. The second-order valence-corrected chi connectivity index (χ2v) is 7.92. The Morgan fingerprint density at radius 2 is 1.81 bits per heavy atom. The molecule has 0 saturated carbocycles. The highest BCUT2D eigenvalue weighted by Gasteiger charge is 2.17. The lowest BCUT2D eigenvalue weighted by atomic mass is 9.88. The summed E-state index contributed by atoms with van der Waals surface area (Å²) >= 11 is 0. The minimum atomic E-state index is -3.38. The van der Waals surface area contributed by atoms with Crippen molar-refractivity contribution in [2.24, 2.45) is 0 Å². The van der Waals surface area contributed by atoms with E-state index < -0.39 is 10.0 Å². The van der Waals surface area contributed by atoms with E-state index in [0.29, 0.717) is 11.3 Å². The van der Waals surface area contributed by atoms with Gasteiger partial charge in [0.15, 0.2) is 5.78 Å². The van der Waals surface area contributed by atoms with E-state index >= 15 is 0 Å². The zero-order valence-electron chi connectivity index (χ0n) is 15.5. The number of rotatable bonds is 6. The summed E-state index contributed by atoms with van der Waals surface area (Å²) in [5, 5.41) is 0. The van der Waals surface area contributed by atoms with Crippen LogP contribution in [-0.4, -0.2) is 20.5 Å². The van der Waals surface area contributed by atoms with Gasteiger partial charge in [-0.3, -0.25) is 9.52 Å². The number of benzene rings is 2. The van der Waals surface area contributed by atoms with Gasteiger partial charge in [-0.05, 0) is 60.7 Å². The Kier molecular flexibility index (Phi) is 5.83. The number of hydrogen-bond donors (Lipinski definition) is 1. The lowest BCUT2D eigenvalue weighted by molar-refractivity contribution is 0.104. The van der Waals surface area contributed by atoms with Crippen molar-refractivity contribution in [3.8, 4) is 0 Å². The van der Waals surface area contributed by atoms with Crippen LogP contribution in [0.2, 0.25) is 0 Å². The van der Waals surface area contributed by atoms with Gasteiger partial charge < -0.3 is 0 Å². The fourth-order valence-corrected chi connectivity index (χ4v) is 3.51. The molecule has 2 aromatic carbocycles. The van der Waals surface area contributed by atoms with Crippen molar-refractivity contribution >= 4 is 27.1 Å². The fourth-order valence-electron chi connectivity index (χ4n) is 2.90. The molecular formula is C21H23NO3S. The maximum Gasteiger partial charge on any atom is 0.229 e. The number of carbonyl (C=O) groups excluding carboxylic acids is 1. The Balaban J connectivity index is 2.67. The zero-order chi connectivity index (χ0) is 19.5. The molecule has 0 heterocycles. The van der Waals surface area contributed by atoms with Crippen LogP contribution in [0, 0.1) is 13.8 Å². The van der Waals surface area contributed by atoms with Crippen LogP contribution < -0.4 is 4.72 Å². The summed E-state index contributed by atoms with van der Waals surface area (Å²) in [5.41, 5.74) is 5.40. The molecule has 2 rings (SSSR count). The Labute approximate surface area is 155 Å². The molecule has 0 fully saturated rings. The van der Waals surface area contributed by atoms with Crippen LogP contribution in [0.3, 0.4) is 0 Å². The van der Waals surface area contributed by atoms with E-state index in [-0.39, 0.29) is 5.78 Å². The molecular weight excluding hydrogens is 346 g/mol. The first kappa shape index (κ1) is 19.7. The summed E-state index contributed by atoms with van der Waals surface area (Å²) in [4.78, 5) is 12.3. The van der Waals surface area contributed by atoms with Crippen LogP contribution in [0.25, 0.3) is 5.57 Å². The lowest BCUT2D eigenvalue weighted by Gasteiger charge is -2.17. The Morgan fingerprint density at radius 1 is 1.12 bits per heavy atom. The highest BCUT2D eigenvalue weighted by molar-refractivity contribution is 7.92. The van der Waals surface area contributed by atoms with Gasteiger partial charge in [0, 0.05) is 5.56 Å². The van der Waals surface area contributed by atoms with E-state index in [1.54, 1.807) is 12.1 Å². The third kappa shape index (κ3) is 4.29. The Bertz CT molecular complexity index is 1000. The van der Waals surface area contributed by atoms with Gasteiger partial charge in [0.1, 0.15) is 0 Å². The standard InChI is InChI=1S/C21H23NO3S/c1-6-17(21-15(4)9-8-10-18(21)20(23)7-2)16-12-11-14(3)19(13-16)22-26(5,24)25/h6-13,22H,2H2,1,3-5H3/b17-6-. The van der Waals surface area contributed by atoms with Crippen molar-refractivity contribution in [2.45, 2.75) is 20.8 Å². The molecule has 1 N–H and O–H groups in total. The first-order valence-corrected chi connectivity index (χ1v) is 10.1. The number of aryl methyl sites for hydroxylation is 2. The van der Waals surface area contributed by atoms with E-state index in [2.05, 4.69) is 11.3 Å². The molecule has 0 aliphatic heterocycles. The second-order valence-electron chi connectivity index (χ2n) is 6.17. The molecule has 5 heteroatoms. The molecule has 2 aromatic rings. The quantitative estimate of drug-likeness (QED) is 0.602. The van der Waals surface area contributed by atoms with Crippen LogP contribution >= 0.6 is 0 Å². The summed E-state index contributed by atoms with van der Waals surface area (Å²) in [6, 6.07) is 11.1. The smallest absolute Gasteiger partial charge is 0.229 e. The Hall–Kier alpha value is -2.66. The van der Waals surface area contributed by atoms with Gasteiger partial charge in [-0.2, -0.15) is 0 Å². The molecule has 0 amide bonds. The molecule has 26 heavy (non-hydrogen) atoms. The van der Waals surface area contributed by atoms with Crippen molar-refractivity contribution < 1.29 is 13.2 Å². The zero-order valence-corrected chi connectivity index (χ0v) is 16.3. The Morgan fingerprint density at radius 3 is 2.38 bits per heavy atom. The molecule has 0 radical (unpaired) electrons. The van der Waals surface area contributed by atoms with Crippen LogP contribution in [0.1, 0.15) is 39.5 Å². The first-order chi connectivity index (χ1) is 12.2. The summed E-state index contributed by atoms with van der Waals surface area (Å²) in [5.74, 6) is -0.148. The topological polar surface area (TPSA) is 63.2 Å². The number of allylic oxidation sites excluding steroid dienone is 2. The first-order valence-electron chi connectivity index (χ1n) is 8.19.